The molecule has 13 aromatic carbocycles. The van der Waals surface area contributed by atoms with E-state index < -0.39 is 0 Å². The summed E-state index contributed by atoms with van der Waals surface area (Å²) in [5, 5.41) is 9.64. The zero-order valence-corrected chi connectivity index (χ0v) is 53.8. The highest BCUT2D eigenvalue weighted by molar-refractivity contribution is 6.15. The first-order valence-electron chi connectivity index (χ1n) is 33.4. The lowest BCUT2D eigenvalue weighted by Crippen LogP contribution is -2.04. The first-order valence-corrected chi connectivity index (χ1v) is 33.4. The summed E-state index contributed by atoms with van der Waals surface area (Å²) in [6, 6.07) is 118. The minimum absolute atomic E-state index is 0.855. The van der Waals surface area contributed by atoms with E-state index in [0.717, 1.165) is 129 Å². The van der Waals surface area contributed by atoms with E-state index >= 15 is 0 Å². The van der Waals surface area contributed by atoms with Gasteiger partial charge in [-0.2, -0.15) is 0 Å². The van der Waals surface area contributed by atoms with Crippen molar-refractivity contribution in [3.63, 3.8) is 0 Å². The molecule has 0 N–H and O–H groups in total. The molecule has 6 aromatic heterocycles. The first kappa shape index (κ1) is 55.9. The summed E-state index contributed by atoms with van der Waals surface area (Å²) in [7, 11) is 0. The van der Waals surface area contributed by atoms with E-state index in [4.69, 9.17) is 9.97 Å². The molecule has 0 bridgehead atoms. The van der Waals surface area contributed by atoms with E-state index in [1.807, 2.05) is 0 Å². The number of hydrogen-bond donors (Lipinski definition) is 0. The summed E-state index contributed by atoms with van der Waals surface area (Å²) in [4.78, 5) is 11.7. The SMILES string of the molecule is Cc1ccc2c(c1)c1ccccc1n2-c1ccc(-c2c(-c3ccc4c5ccccc5n(-c5ccccc5)c4c3)nc(-c3ccc4c5ccccc5n(-c5ccccc5)c4c3)c(-c3ccc(-n4c5ccccc5c5cc(C)ccc54)cc3)c2-c2ccccc2-c2cccc(C)n2)cc1. The normalized spacial score (nSPS) is 11.9. The van der Waals surface area contributed by atoms with Crippen molar-refractivity contribution in [1.29, 1.82) is 0 Å². The number of benzene rings is 13. The molecule has 0 radical (unpaired) electrons. The van der Waals surface area contributed by atoms with Crippen molar-refractivity contribution in [3.8, 4) is 89.9 Å². The molecule has 0 spiro atoms. The van der Waals surface area contributed by atoms with Crippen LogP contribution >= 0.6 is 0 Å². The number of para-hydroxylation sites is 6. The molecule has 0 unspecified atom stereocenters. The van der Waals surface area contributed by atoms with E-state index in [2.05, 4.69) is 361 Å². The van der Waals surface area contributed by atoms with Gasteiger partial charge in [0.05, 0.1) is 61.2 Å². The van der Waals surface area contributed by atoms with Gasteiger partial charge in [-0.3, -0.25) is 4.98 Å². The fraction of sp³-hybridized carbons (Fsp3) is 0.0330. The molecular weight excluding hydrogens is 1180 g/mol. The maximum absolute atomic E-state index is 6.38. The number of rotatable bonds is 10. The molecule has 0 atom stereocenters. The Morgan fingerprint density at radius 3 is 1.01 bits per heavy atom. The summed E-state index contributed by atoms with van der Waals surface area (Å²) in [6.45, 7) is 6.44. The number of fused-ring (bicyclic) bond motifs is 12. The van der Waals surface area contributed by atoms with Crippen LogP contribution in [0.5, 0.6) is 0 Å². The molecule has 6 heterocycles. The van der Waals surface area contributed by atoms with E-state index in [1.54, 1.807) is 0 Å². The van der Waals surface area contributed by atoms with Crippen LogP contribution in [0.2, 0.25) is 0 Å². The predicted octanol–water partition coefficient (Wildman–Crippen LogP) is 23.8. The summed E-state index contributed by atoms with van der Waals surface area (Å²) in [5.41, 5.74) is 28.6. The van der Waals surface area contributed by atoms with Crippen molar-refractivity contribution in [2.24, 2.45) is 0 Å². The second-order valence-corrected chi connectivity index (χ2v) is 25.8. The Bertz CT molecular complexity index is 6040. The lowest BCUT2D eigenvalue weighted by atomic mass is 9.81. The van der Waals surface area contributed by atoms with Crippen molar-refractivity contribution < 1.29 is 0 Å². The van der Waals surface area contributed by atoms with Gasteiger partial charge in [0.15, 0.2) is 0 Å². The Morgan fingerprint density at radius 2 is 0.567 bits per heavy atom. The van der Waals surface area contributed by atoms with Crippen LogP contribution in [-0.2, 0) is 0 Å². The Balaban J connectivity index is 0.968. The third kappa shape index (κ3) is 8.95. The van der Waals surface area contributed by atoms with Crippen LogP contribution in [0.3, 0.4) is 0 Å². The quantitative estimate of drug-likeness (QED) is 0.137. The van der Waals surface area contributed by atoms with Gasteiger partial charge in [0.1, 0.15) is 0 Å². The van der Waals surface area contributed by atoms with Crippen LogP contribution < -0.4 is 0 Å². The van der Waals surface area contributed by atoms with E-state index in [-0.39, 0.29) is 0 Å². The highest BCUT2D eigenvalue weighted by Gasteiger charge is 2.29. The maximum atomic E-state index is 6.38. The number of aromatic nitrogens is 6. The average Bonchev–Trinajstić information content (AvgIpc) is 1.32. The third-order valence-corrected chi connectivity index (χ3v) is 20.0. The second kappa shape index (κ2) is 22.3. The molecule has 0 saturated heterocycles. The fourth-order valence-corrected chi connectivity index (χ4v) is 15.7. The fourth-order valence-electron chi connectivity index (χ4n) is 15.7. The summed E-state index contributed by atoms with van der Waals surface area (Å²) < 4.78 is 9.67. The molecule has 456 valence electrons. The van der Waals surface area contributed by atoms with Gasteiger partial charge in [-0.15, -0.1) is 0 Å². The lowest BCUT2D eigenvalue weighted by Gasteiger charge is -2.25. The molecule has 19 rings (SSSR count). The van der Waals surface area contributed by atoms with Crippen LogP contribution in [0.1, 0.15) is 16.8 Å². The molecule has 0 amide bonds. The standard InChI is InChI=1S/C91H62N6/c1-57-37-51-83-76(53-57)71-29-14-18-35-81(71)94(83)66-45-39-60(40-46-66)87-89(75-31-11-10-26-68(75)78-32-20-21-59(3)92-78)88(61-41-47-67(48-42-61)95-82-36-19-15-30-72(82)77-54-58(2)38-52-84(77)95)91(63-44-50-74-70-28-13-17-34-80(70)97(86(74)56-63)65-24-8-5-9-25-65)93-90(87)62-43-49-73-69-27-12-16-33-79(69)96(85(73)55-62)64-22-6-4-7-23-64/h4-56H,1-3H3. The van der Waals surface area contributed by atoms with Gasteiger partial charge in [0.2, 0.25) is 0 Å². The van der Waals surface area contributed by atoms with Gasteiger partial charge in [-0.1, -0.05) is 211 Å². The molecule has 0 aliphatic carbocycles. The van der Waals surface area contributed by atoms with E-state index in [0.29, 0.717) is 0 Å². The van der Waals surface area contributed by atoms with Crippen molar-refractivity contribution in [3.05, 3.63) is 338 Å². The van der Waals surface area contributed by atoms with Gasteiger partial charge in [-0.05, 0) is 159 Å². The molecule has 0 fully saturated rings. The molecule has 0 saturated carbocycles. The maximum Gasteiger partial charge on any atom is 0.0795 e. The van der Waals surface area contributed by atoms with Gasteiger partial charge >= 0.3 is 0 Å². The number of pyridine rings is 2. The van der Waals surface area contributed by atoms with Crippen LogP contribution in [-0.4, -0.2) is 28.2 Å². The Morgan fingerprint density at radius 1 is 0.216 bits per heavy atom. The minimum atomic E-state index is 0.855. The number of aryl methyl sites for hydroxylation is 3. The van der Waals surface area contributed by atoms with E-state index in [9.17, 15) is 0 Å². The lowest BCUT2D eigenvalue weighted by molar-refractivity contribution is 1.18. The molecule has 6 heteroatoms. The number of hydrogen-bond acceptors (Lipinski definition) is 2. The molecule has 19 aromatic rings. The monoisotopic (exact) mass is 1240 g/mol. The average molecular weight is 1240 g/mol. The second-order valence-electron chi connectivity index (χ2n) is 25.8. The third-order valence-electron chi connectivity index (χ3n) is 20.0. The smallest absolute Gasteiger partial charge is 0.0795 e. The topological polar surface area (TPSA) is 45.5 Å². The molecule has 6 nitrogen and oxygen atoms in total. The largest absolute Gasteiger partial charge is 0.309 e. The van der Waals surface area contributed by atoms with Crippen LogP contribution in [0.25, 0.3) is 177 Å². The van der Waals surface area contributed by atoms with Gasteiger partial charge < -0.3 is 18.3 Å². The first-order chi connectivity index (χ1) is 47.9. The summed E-state index contributed by atoms with van der Waals surface area (Å²) in [5.74, 6) is 0. The van der Waals surface area contributed by atoms with Crippen molar-refractivity contribution in [1.82, 2.24) is 28.2 Å². The van der Waals surface area contributed by atoms with Crippen LogP contribution in [0.4, 0.5) is 0 Å². The minimum Gasteiger partial charge on any atom is -0.309 e. The molecule has 0 aliphatic rings. The molecular formula is C91H62N6. The highest BCUT2D eigenvalue weighted by atomic mass is 15.0. The molecule has 97 heavy (non-hydrogen) atoms. The predicted molar refractivity (Wildman–Crippen MR) is 406 cm³/mol. The van der Waals surface area contributed by atoms with Crippen molar-refractivity contribution in [2.75, 3.05) is 0 Å². The molecule has 0 aliphatic heterocycles. The summed E-state index contributed by atoms with van der Waals surface area (Å²) in [6.07, 6.45) is 0. The van der Waals surface area contributed by atoms with Gasteiger partial charge in [0.25, 0.3) is 0 Å². The summed E-state index contributed by atoms with van der Waals surface area (Å²) >= 11 is 0. The van der Waals surface area contributed by atoms with Crippen LogP contribution in [0.15, 0.2) is 322 Å². The highest BCUT2D eigenvalue weighted by Crippen LogP contribution is 2.52. The van der Waals surface area contributed by atoms with Gasteiger partial charge in [0, 0.05) is 105 Å². The Hall–Kier alpha value is -12.6. The van der Waals surface area contributed by atoms with Crippen LogP contribution in [0, 0.1) is 20.8 Å². The van der Waals surface area contributed by atoms with Crippen molar-refractivity contribution >= 4 is 87.2 Å². The van der Waals surface area contributed by atoms with Gasteiger partial charge in [-0.25, -0.2) is 4.98 Å². The Kier molecular flexibility index (Phi) is 12.8. The van der Waals surface area contributed by atoms with Crippen molar-refractivity contribution in [2.45, 2.75) is 20.8 Å². The zero-order valence-electron chi connectivity index (χ0n) is 53.8. The zero-order chi connectivity index (χ0) is 64.4. The van der Waals surface area contributed by atoms with E-state index in [1.165, 1.54) is 65.3 Å². The Labute approximate surface area is 561 Å². The number of nitrogens with zero attached hydrogens (tertiary/aromatic N) is 6.